The molecule has 0 fully saturated rings. The molecule has 0 spiro atoms. The molecule has 1 aliphatic rings. The van der Waals surface area contributed by atoms with E-state index in [1.54, 1.807) is 30.3 Å². The number of hydrazine groups is 1. The summed E-state index contributed by atoms with van der Waals surface area (Å²) in [4.78, 5) is 12.1. The molecule has 0 radical (unpaired) electrons. The van der Waals surface area contributed by atoms with Crippen molar-refractivity contribution in [2.45, 2.75) is 19.4 Å². The first kappa shape index (κ1) is 20.7. The van der Waals surface area contributed by atoms with Crippen LogP contribution in [-0.2, 0) is 17.8 Å². The minimum atomic E-state index is -0.355. The summed E-state index contributed by atoms with van der Waals surface area (Å²) >= 11 is 5.17. The van der Waals surface area contributed by atoms with Crippen LogP contribution < -0.4 is 25.6 Å². The fourth-order valence-electron chi connectivity index (χ4n) is 3.02. The second kappa shape index (κ2) is 9.48. The highest BCUT2D eigenvalue weighted by Gasteiger charge is 2.13. The van der Waals surface area contributed by atoms with Gasteiger partial charge in [0.15, 0.2) is 16.6 Å². The topological polar surface area (TPSA) is 84.8 Å². The number of nitrogens with one attached hydrogen (secondary N) is 3. The van der Waals surface area contributed by atoms with Gasteiger partial charge in [-0.3, -0.25) is 15.6 Å². The van der Waals surface area contributed by atoms with Gasteiger partial charge in [0, 0.05) is 19.4 Å². The summed E-state index contributed by atoms with van der Waals surface area (Å²) in [6.07, 6.45) is 0.557. The van der Waals surface area contributed by atoms with Crippen LogP contribution in [0.4, 0.5) is 4.39 Å². The minimum Gasteiger partial charge on any atom is -0.461 e. The monoisotopic (exact) mass is 441 g/mol. The van der Waals surface area contributed by atoms with Gasteiger partial charge < -0.3 is 19.2 Å². The van der Waals surface area contributed by atoms with Crippen LogP contribution in [0.3, 0.4) is 0 Å². The van der Waals surface area contributed by atoms with Gasteiger partial charge in [-0.15, -0.1) is 0 Å². The molecule has 2 aromatic carbocycles. The van der Waals surface area contributed by atoms with Crippen LogP contribution in [0.1, 0.15) is 17.7 Å². The van der Waals surface area contributed by atoms with Crippen molar-refractivity contribution >= 4 is 23.2 Å². The Hall–Kier alpha value is -3.59. The van der Waals surface area contributed by atoms with E-state index in [0.29, 0.717) is 41.5 Å². The highest BCUT2D eigenvalue weighted by atomic mass is 32.1. The number of carbonyl (C=O) groups is 1. The number of amides is 1. The Labute approximate surface area is 183 Å². The van der Waals surface area contributed by atoms with E-state index in [1.807, 2.05) is 18.2 Å². The first-order valence-electron chi connectivity index (χ1n) is 9.63. The van der Waals surface area contributed by atoms with E-state index in [1.165, 1.54) is 6.07 Å². The van der Waals surface area contributed by atoms with E-state index in [-0.39, 0.29) is 30.1 Å². The van der Waals surface area contributed by atoms with Crippen molar-refractivity contribution in [1.29, 1.82) is 0 Å². The van der Waals surface area contributed by atoms with Crippen LogP contribution in [-0.4, -0.2) is 17.8 Å². The largest absolute Gasteiger partial charge is 0.461 e. The summed E-state index contributed by atoms with van der Waals surface area (Å²) in [5, 5.41) is 3.28. The van der Waals surface area contributed by atoms with Gasteiger partial charge >= 0.3 is 0 Å². The number of hydrogen-bond acceptors (Lipinski definition) is 5. The molecule has 2 heterocycles. The third kappa shape index (κ3) is 5.32. The second-order valence-corrected chi connectivity index (χ2v) is 7.20. The molecule has 0 unspecified atom stereocenters. The molecule has 0 atom stereocenters. The molecule has 3 N–H and O–H groups in total. The van der Waals surface area contributed by atoms with Gasteiger partial charge in [0.05, 0.1) is 5.56 Å². The molecule has 9 heteroatoms. The summed E-state index contributed by atoms with van der Waals surface area (Å²) in [5.74, 6) is 1.83. The standard InChI is InChI=1S/C22H20FN3O4S/c23-17-4-2-1-3-16(17)18-9-6-15(30-18)7-10-21(27)25-26-22(31)24-12-14-5-8-19-20(11-14)29-13-28-19/h1-6,8-9,11H,7,10,12-13H2,(H,25,27)(H2,24,26,31). The number of fused-ring (bicyclic) bond motifs is 1. The lowest BCUT2D eigenvalue weighted by molar-refractivity contribution is -0.121. The maximum Gasteiger partial charge on any atom is 0.238 e. The summed E-state index contributed by atoms with van der Waals surface area (Å²) in [7, 11) is 0. The van der Waals surface area contributed by atoms with Crippen molar-refractivity contribution in [2.75, 3.05) is 6.79 Å². The fraction of sp³-hybridized carbons (Fsp3) is 0.182. The highest BCUT2D eigenvalue weighted by Crippen LogP contribution is 2.32. The van der Waals surface area contributed by atoms with Gasteiger partial charge in [-0.2, -0.15) is 0 Å². The summed E-state index contributed by atoms with van der Waals surface area (Å²) in [6.45, 7) is 0.685. The molecule has 4 rings (SSSR count). The van der Waals surface area contributed by atoms with Crippen molar-refractivity contribution in [3.05, 3.63) is 71.7 Å². The SMILES string of the molecule is O=C(CCc1ccc(-c2ccccc2F)o1)NNC(=S)NCc1ccc2c(c1)OCO2. The molecule has 0 bridgehead atoms. The number of benzene rings is 2. The normalized spacial score (nSPS) is 11.8. The molecular formula is C22H20FN3O4S. The molecule has 7 nitrogen and oxygen atoms in total. The van der Waals surface area contributed by atoms with Crippen molar-refractivity contribution in [3.8, 4) is 22.8 Å². The van der Waals surface area contributed by atoms with E-state index in [9.17, 15) is 9.18 Å². The number of hydrogen-bond donors (Lipinski definition) is 3. The average molecular weight is 441 g/mol. The third-order valence-electron chi connectivity index (χ3n) is 4.60. The summed E-state index contributed by atoms with van der Waals surface area (Å²) in [6, 6.07) is 15.4. The molecule has 1 aromatic heterocycles. The summed E-state index contributed by atoms with van der Waals surface area (Å²) < 4.78 is 30.1. The lowest BCUT2D eigenvalue weighted by Gasteiger charge is -2.11. The van der Waals surface area contributed by atoms with E-state index in [2.05, 4.69) is 16.2 Å². The van der Waals surface area contributed by atoms with Crippen molar-refractivity contribution < 1.29 is 23.1 Å². The predicted molar refractivity (Wildman–Crippen MR) is 116 cm³/mol. The number of carbonyl (C=O) groups excluding carboxylic acids is 1. The van der Waals surface area contributed by atoms with Gasteiger partial charge in [0.1, 0.15) is 17.3 Å². The molecule has 1 aliphatic heterocycles. The Morgan fingerprint density at radius 2 is 1.87 bits per heavy atom. The number of furan rings is 1. The lowest BCUT2D eigenvalue weighted by Crippen LogP contribution is -2.46. The van der Waals surface area contributed by atoms with Crippen LogP contribution in [0.15, 0.2) is 59.0 Å². The van der Waals surface area contributed by atoms with Crippen molar-refractivity contribution in [2.24, 2.45) is 0 Å². The van der Waals surface area contributed by atoms with Crippen LogP contribution >= 0.6 is 12.2 Å². The Bertz CT molecular complexity index is 1100. The van der Waals surface area contributed by atoms with E-state index in [0.717, 1.165) is 5.56 Å². The second-order valence-electron chi connectivity index (χ2n) is 6.79. The average Bonchev–Trinajstić information content (AvgIpc) is 3.44. The zero-order valence-electron chi connectivity index (χ0n) is 16.4. The molecule has 0 aliphatic carbocycles. The fourth-order valence-corrected chi connectivity index (χ4v) is 3.14. The van der Waals surface area contributed by atoms with Crippen LogP contribution in [0.25, 0.3) is 11.3 Å². The van der Waals surface area contributed by atoms with Crippen molar-refractivity contribution in [1.82, 2.24) is 16.2 Å². The van der Waals surface area contributed by atoms with E-state index >= 15 is 0 Å². The lowest BCUT2D eigenvalue weighted by atomic mass is 10.1. The number of ether oxygens (including phenoxy) is 2. The number of aryl methyl sites for hydroxylation is 1. The van der Waals surface area contributed by atoms with Crippen molar-refractivity contribution in [3.63, 3.8) is 0 Å². The minimum absolute atomic E-state index is 0.183. The van der Waals surface area contributed by atoms with Gasteiger partial charge in [-0.1, -0.05) is 18.2 Å². The molecular weight excluding hydrogens is 421 g/mol. The van der Waals surface area contributed by atoms with Gasteiger partial charge in [0.2, 0.25) is 12.7 Å². The molecule has 160 valence electrons. The number of thiocarbonyl (C=S) groups is 1. The zero-order valence-corrected chi connectivity index (χ0v) is 17.3. The highest BCUT2D eigenvalue weighted by molar-refractivity contribution is 7.80. The smallest absolute Gasteiger partial charge is 0.238 e. The molecule has 0 saturated heterocycles. The van der Waals surface area contributed by atoms with Gasteiger partial charge in [-0.25, -0.2) is 4.39 Å². The summed E-state index contributed by atoms with van der Waals surface area (Å²) in [5.41, 5.74) is 6.55. The third-order valence-corrected chi connectivity index (χ3v) is 4.85. The van der Waals surface area contributed by atoms with Crippen LogP contribution in [0.5, 0.6) is 11.5 Å². The number of halogens is 1. The number of rotatable bonds is 6. The Morgan fingerprint density at radius 3 is 2.74 bits per heavy atom. The Morgan fingerprint density at radius 1 is 1.03 bits per heavy atom. The van der Waals surface area contributed by atoms with Crippen LogP contribution in [0.2, 0.25) is 0 Å². The van der Waals surface area contributed by atoms with E-state index < -0.39 is 0 Å². The first-order chi connectivity index (χ1) is 15.1. The van der Waals surface area contributed by atoms with Crippen LogP contribution in [0, 0.1) is 5.82 Å². The predicted octanol–water partition coefficient (Wildman–Crippen LogP) is 3.44. The molecule has 3 aromatic rings. The Kier molecular flexibility index (Phi) is 6.32. The molecule has 31 heavy (non-hydrogen) atoms. The van der Waals surface area contributed by atoms with E-state index in [4.69, 9.17) is 26.1 Å². The quantitative estimate of drug-likeness (QED) is 0.399. The first-order valence-corrected chi connectivity index (χ1v) is 10.0. The maximum absolute atomic E-state index is 13.8. The maximum atomic E-state index is 13.8. The van der Waals surface area contributed by atoms with Gasteiger partial charge in [0.25, 0.3) is 0 Å². The zero-order chi connectivity index (χ0) is 21.6. The molecule has 0 saturated carbocycles. The van der Waals surface area contributed by atoms with Gasteiger partial charge in [-0.05, 0) is 54.2 Å². The molecule has 1 amide bonds. The Balaban J connectivity index is 1.18.